The van der Waals surface area contributed by atoms with E-state index in [0.717, 1.165) is 23.2 Å². The smallest absolute Gasteiger partial charge is 0.135 e. The van der Waals surface area contributed by atoms with Gasteiger partial charge in [-0.1, -0.05) is 12.1 Å². The number of hydrogen-bond donors (Lipinski definition) is 1. The standard InChI is InChI=1S/C14H14FN3O/c15-10-3-1-2-9(6-10)7-13-17-12-4-5-19-8-11(12)14(16)18-13/h1-3,6H,4-5,7-8H2,(H2,16,17,18). The first-order valence-corrected chi connectivity index (χ1v) is 6.19. The summed E-state index contributed by atoms with van der Waals surface area (Å²) in [5.74, 6) is 0.844. The average Bonchev–Trinajstić information content (AvgIpc) is 2.39. The van der Waals surface area contributed by atoms with Gasteiger partial charge in [0.1, 0.15) is 17.5 Å². The van der Waals surface area contributed by atoms with Crippen molar-refractivity contribution < 1.29 is 9.13 Å². The van der Waals surface area contributed by atoms with E-state index in [4.69, 9.17) is 10.5 Å². The second kappa shape index (κ2) is 4.93. The normalized spacial score (nSPS) is 14.2. The fraction of sp³-hybridized carbons (Fsp3) is 0.286. The maximum atomic E-state index is 13.1. The van der Waals surface area contributed by atoms with Crippen LogP contribution in [0.3, 0.4) is 0 Å². The summed E-state index contributed by atoms with van der Waals surface area (Å²) in [6, 6.07) is 6.44. The quantitative estimate of drug-likeness (QED) is 0.894. The first-order chi connectivity index (χ1) is 9.22. The molecular formula is C14H14FN3O. The van der Waals surface area contributed by atoms with Crippen LogP contribution in [0.2, 0.25) is 0 Å². The van der Waals surface area contributed by atoms with Crippen molar-refractivity contribution in [2.75, 3.05) is 12.3 Å². The number of aromatic nitrogens is 2. The van der Waals surface area contributed by atoms with Crippen LogP contribution in [0.1, 0.15) is 22.6 Å². The van der Waals surface area contributed by atoms with Crippen LogP contribution in [0.25, 0.3) is 0 Å². The second-order valence-corrected chi connectivity index (χ2v) is 4.56. The Bertz CT molecular complexity index is 616. The van der Waals surface area contributed by atoms with Gasteiger partial charge in [0.2, 0.25) is 0 Å². The highest BCUT2D eigenvalue weighted by Crippen LogP contribution is 2.20. The van der Waals surface area contributed by atoms with Gasteiger partial charge in [-0.3, -0.25) is 0 Å². The Morgan fingerprint density at radius 2 is 2.21 bits per heavy atom. The molecule has 0 spiro atoms. The molecule has 2 N–H and O–H groups in total. The highest BCUT2D eigenvalue weighted by atomic mass is 19.1. The Morgan fingerprint density at radius 3 is 3.05 bits per heavy atom. The predicted octanol–water partition coefficient (Wildman–Crippen LogP) is 1.86. The minimum Gasteiger partial charge on any atom is -0.383 e. The molecule has 0 unspecified atom stereocenters. The van der Waals surface area contributed by atoms with Gasteiger partial charge in [0, 0.05) is 18.4 Å². The number of ether oxygens (including phenoxy) is 1. The maximum Gasteiger partial charge on any atom is 0.135 e. The molecule has 0 bridgehead atoms. The van der Waals surface area contributed by atoms with E-state index >= 15 is 0 Å². The largest absolute Gasteiger partial charge is 0.383 e. The molecule has 1 aromatic heterocycles. The van der Waals surface area contributed by atoms with Gasteiger partial charge in [-0.25, -0.2) is 14.4 Å². The lowest BCUT2D eigenvalue weighted by atomic mass is 10.1. The number of fused-ring (bicyclic) bond motifs is 1. The van der Waals surface area contributed by atoms with Gasteiger partial charge >= 0.3 is 0 Å². The van der Waals surface area contributed by atoms with Crippen LogP contribution in [0.4, 0.5) is 10.2 Å². The first-order valence-electron chi connectivity index (χ1n) is 6.19. The number of nitrogen functional groups attached to an aromatic ring is 1. The number of nitrogens with zero attached hydrogens (tertiary/aromatic N) is 2. The Morgan fingerprint density at radius 1 is 1.32 bits per heavy atom. The van der Waals surface area contributed by atoms with E-state index in [1.54, 1.807) is 6.07 Å². The van der Waals surface area contributed by atoms with Crippen LogP contribution < -0.4 is 5.73 Å². The van der Waals surface area contributed by atoms with Crippen molar-refractivity contribution in [3.63, 3.8) is 0 Å². The summed E-state index contributed by atoms with van der Waals surface area (Å²) in [4.78, 5) is 8.78. The van der Waals surface area contributed by atoms with E-state index in [-0.39, 0.29) is 5.82 Å². The lowest BCUT2D eigenvalue weighted by molar-refractivity contribution is 0.109. The fourth-order valence-corrected chi connectivity index (χ4v) is 2.22. The molecule has 5 heteroatoms. The summed E-state index contributed by atoms with van der Waals surface area (Å²) in [5.41, 5.74) is 8.59. The van der Waals surface area contributed by atoms with Crippen molar-refractivity contribution in [2.45, 2.75) is 19.4 Å². The number of halogens is 1. The van der Waals surface area contributed by atoms with E-state index in [0.29, 0.717) is 31.3 Å². The Balaban J connectivity index is 1.91. The number of benzene rings is 1. The van der Waals surface area contributed by atoms with Gasteiger partial charge in [0.05, 0.1) is 18.9 Å². The van der Waals surface area contributed by atoms with Crippen molar-refractivity contribution in [3.8, 4) is 0 Å². The molecule has 98 valence electrons. The number of hydrogen-bond acceptors (Lipinski definition) is 4. The highest BCUT2D eigenvalue weighted by Gasteiger charge is 2.16. The third-order valence-corrected chi connectivity index (χ3v) is 3.15. The van der Waals surface area contributed by atoms with Crippen LogP contribution in [-0.2, 0) is 24.2 Å². The van der Waals surface area contributed by atoms with Gasteiger partial charge in [-0.05, 0) is 17.7 Å². The molecule has 0 saturated heterocycles. The molecule has 0 atom stereocenters. The minimum atomic E-state index is -0.253. The average molecular weight is 259 g/mol. The maximum absolute atomic E-state index is 13.1. The zero-order valence-corrected chi connectivity index (χ0v) is 10.4. The third-order valence-electron chi connectivity index (χ3n) is 3.15. The van der Waals surface area contributed by atoms with Crippen molar-refractivity contribution in [1.29, 1.82) is 0 Å². The van der Waals surface area contributed by atoms with E-state index in [1.807, 2.05) is 6.07 Å². The minimum absolute atomic E-state index is 0.253. The molecule has 1 aromatic carbocycles. The molecule has 3 rings (SSSR count). The molecule has 4 nitrogen and oxygen atoms in total. The number of anilines is 1. The first kappa shape index (κ1) is 12.0. The van der Waals surface area contributed by atoms with Crippen molar-refractivity contribution in [1.82, 2.24) is 9.97 Å². The summed E-state index contributed by atoms with van der Waals surface area (Å²) < 4.78 is 18.5. The van der Waals surface area contributed by atoms with Crippen LogP contribution in [0.15, 0.2) is 24.3 Å². The van der Waals surface area contributed by atoms with Gasteiger partial charge in [0.15, 0.2) is 0 Å². The summed E-state index contributed by atoms with van der Waals surface area (Å²) in [7, 11) is 0. The fourth-order valence-electron chi connectivity index (χ4n) is 2.22. The molecule has 0 aliphatic carbocycles. The van der Waals surface area contributed by atoms with Gasteiger partial charge in [0.25, 0.3) is 0 Å². The zero-order valence-electron chi connectivity index (χ0n) is 10.4. The zero-order chi connectivity index (χ0) is 13.2. The summed E-state index contributed by atoms with van der Waals surface area (Å²) in [6.07, 6.45) is 1.23. The molecule has 1 aliphatic rings. The monoisotopic (exact) mass is 259 g/mol. The Hall–Kier alpha value is -2.01. The third kappa shape index (κ3) is 2.56. The van der Waals surface area contributed by atoms with Crippen molar-refractivity contribution in [3.05, 3.63) is 52.7 Å². The lowest BCUT2D eigenvalue weighted by Crippen LogP contribution is -2.17. The molecule has 0 saturated carbocycles. The van der Waals surface area contributed by atoms with E-state index in [2.05, 4.69) is 9.97 Å². The van der Waals surface area contributed by atoms with Crippen molar-refractivity contribution >= 4 is 5.82 Å². The van der Waals surface area contributed by atoms with Crippen LogP contribution in [0, 0.1) is 5.82 Å². The van der Waals surface area contributed by atoms with Gasteiger partial charge in [-0.15, -0.1) is 0 Å². The molecular weight excluding hydrogens is 245 g/mol. The number of rotatable bonds is 2. The Kier molecular flexibility index (Phi) is 3.13. The van der Waals surface area contributed by atoms with Crippen LogP contribution in [-0.4, -0.2) is 16.6 Å². The highest BCUT2D eigenvalue weighted by molar-refractivity contribution is 5.43. The molecule has 2 heterocycles. The SMILES string of the molecule is Nc1nc(Cc2cccc(F)c2)nc2c1COCC2. The second-order valence-electron chi connectivity index (χ2n) is 4.56. The summed E-state index contributed by atoms with van der Waals surface area (Å²) >= 11 is 0. The number of nitrogens with two attached hydrogens (primary N) is 1. The molecule has 2 aromatic rings. The molecule has 1 aliphatic heterocycles. The summed E-state index contributed by atoms with van der Waals surface area (Å²) in [6.45, 7) is 1.13. The van der Waals surface area contributed by atoms with E-state index < -0.39 is 0 Å². The molecule has 19 heavy (non-hydrogen) atoms. The van der Waals surface area contributed by atoms with Gasteiger partial charge < -0.3 is 10.5 Å². The molecule has 0 radical (unpaired) electrons. The Labute approximate surface area is 110 Å². The topological polar surface area (TPSA) is 61.0 Å². The molecule has 0 fully saturated rings. The summed E-state index contributed by atoms with van der Waals surface area (Å²) in [5, 5.41) is 0. The van der Waals surface area contributed by atoms with Crippen molar-refractivity contribution in [2.24, 2.45) is 0 Å². The molecule has 0 amide bonds. The van der Waals surface area contributed by atoms with E-state index in [1.165, 1.54) is 12.1 Å². The van der Waals surface area contributed by atoms with E-state index in [9.17, 15) is 4.39 Å². The van der Waals surface area contributed by atoms with Gasteiger partial charge in [-0.2, -0.15) is 0 Å². The predicted molar refractivity (Wildman–Crippen MR) is 69.0 cm³/mol. The lowest BCUT2D eigenvalue weighted by Gasteiger charge is -2.17. The van der Waals surface area contributed by atoms with Crippen LogP contribution >= 0.6 is 0 Å². The van der Waals surface area contributed by atoms with Crippen LogP contribution in [0.5, 0.6) is 0 Å².